The van der Waals surface area contributed by atoms with E-state index in [1.807, 2.05) is 51.1 Å². The summed E-state index contributed by atoms with van der Waals surface area (Å²) < 4.78 is 5.14. The first-order valence-electron chi connectivity index (χ1n) is 5.92. The number of aliphatic imine (C=N–C) groups is 1. The molecule has 0 aliphatic heterocycles. The Morgan fingerprint density at radius 2 is 2.00 bits per heavy atom. The molecule has 0 aliphatic rings. The van der Waals surface area contributed by atoms with E-state index in [4.69, 9.17) is 4.74 Å². The van der Waals surface area contributed by atoms with Gasteiger partial charge in [0, 0.05) is 6.21 Å². The molecule has 0 spiro atoms. The minimum atomic E-state index is -0.405. The van der Waals surface area contributed by atoms with E-state index in [0.29, 0.717) is 6.42 Å². The highest BCUT2D eigenvalue weighted by atomic mass is 16.5. The zero-order chi connectivity index (χ0) is 12.7. The van der Waals surface area contributed by atoms with Crippen LogP contribution in [0.4, 0.5) is 0 Å². The summed E-state index contributed by atoms with van der Waals surface area (Å²) in [6, 6.07) is 9.32. The molecule has 0 aromatic heterocycles. The summed E-state index contributed by atoms with van der Waals surface area (Å²) in [5.74, 6) is -0.255. The first-order chi connectivity index (χ1) is 8.13. The standard InChI is InChI=1S/C14H19NO2/c1-4-13(14(16)17-11(2)3)15-10-12-8-6-5-7-9-12/h5-11,13H,4H2,1-3H3. The normalized spacial score (nSPS) is 12.9. The Morgan fingerprint density at radius 3 is 2.53 bits per heavy atom. The smallest absolute Gasteiger partial charge is 0.331 e. The van der Waals surface area contributed by atoms with Crippen molar-refractivity contribution in [3.8, 4) is 0 Å². The quantitative estimate of drug-likeness (QED) is 0.579. The van der Waals surface area contributed by atoms with E-state index in [1.165, 1.54) is 0 Å². The monoisotopic (exact) mass is 233 g/mol. The molecule has 0 fully saturated rings. The zero-order valence-electron chi connectivity index (χ0n) is 10.6. The van der Waals surface area contributed by atoms with Crippen LogP contribution in [0.2, 0.25) is 0 Å². The molecule has 0 amide bonds. The number of hydrogen-bond acceptors (Lipinski definition) is 3. The number of nitrogens with zero attached hydrogens (tertiary/aromatic N) is 1. The molecule has 0 saturated heterocycles. The molecule has 0 saturated carbocycles. The van der Waals surface area contributed by atoms with E-state index >= 15 is 0 Å². The molecule has 0 heterocycles. The van der Waals surface area contributed by atoms with Crippen LogP contribution in [0.1, 0.15) is 32.8 Å². The van der Waals surface area contributed by atoms with Gasteiger partial charge in [-0.25, -0.2) is 4.79 Å². The molecule has 1 aromatic carbocycles. The van der Waals surface area contributed by atoms with Gasteiger partial charge in [0.25, 0.3) is 0 Å². The van der Waals surface area contributed by atoms with Gasteiger partial charge in [0.05, 0.1) is 6.10 Å². The van der Waals surface area contributed by atoms with Crippen LogP contribution >= 0.6 is 0 Å². The third-order valence-corrected chi connectivity index (χ3v) is 2.21. The van der Waals surface area contributed by atoms with Gasteiger partial charge in [-0.1, -0.05) is 37.3 Å². The number of carbonyl (C=O) groups is 1. The number of benzene rings is 1. The fourth-order valence-corrected chi connectivity index (χ4v) is 1.36. The van der Waals surface area contributed by atoms with Gasteiger partial charge < -0.3 is 4.74 Å². The molecule has 3 nitrogen and oxygen atoms in total. The third-order valence-electron chi connectivity index (χ3n) is 2.21. The SMILES string of the molecule is CCC(N=Cc1ccccc1)C(=O)OC(C)C. The Morgan fingerprint density at radius 1 is 1.35 bits per heavy atom. The van der Waals surface area contributed by atoms with Gasteiger partial charge in [-0.3, -0.25) is 4.99 Å². The Labute approximate surface area is 103 Å². The largest absolute Gasteiger partial charge is 0.461 e. The molecule has 1 unspecified atom stereocenters. The molecule has 1 rings (SSSR count). The second kappa shape index (κ2) is 6.84. The molecular formula is C14H19NO2. The minimum Gasteiger partial charge on any atom is -0.461 e. The number of hydrogen-bond donors (Lipinski definition) is 0. The Kier molecular flexibility index (Phi) is 5.40. The van der Waals surface area contributed by atoms with Crippen LogP contribution < -0.4 is 0 Å². The first-order valence-corrected chi connectivity index (χ1v) is 5.92. The van der Waals surface area contributed by atoms with Gasteiger partial charge in [0.2, 0.25) is 0 Å². The summed E-state index contributed by atoms with van der Waals surface area (Å²) in [6.07, 6.45) is 2.27. The molecular weight excluding hydrogens is 214 g/mol. The van der Waals surface area contributed by atoms with Crippen LogP contribution in [0, 0.1) is 0 Å². The molecule has 3 heteroatoms. The average molecular weight is 233 g/mol. The van der Waals surface area contributed by atoms with Crippen LogP contribution in [0.5, 0.6) is 0 Å². The van der Waals surface area contributed by atoms with E-state index in [-0.39, 0.29) is 12.1 Å². The lowest BCUT2D eigenvalue weighted by Crippen LogP contribution is -2.24. The van der Waals surface area contributed by atoms with Crippen molar-refractivity contribution in [3.63, 3.8) is 0 Å². The molecule has 0 aliphatic carbocycles. The summed E-state index contributed by atoms with van der Waals surface area (Å²) in [6.45, 7) is 5.60. The van der Waals surface area contributed by atoms with Crippen molar-refractivity contribution in [1.29, 1.82) is 0 Å². The highest BCUT2D eigenvalue weighted by Gasteiger charge is 2.16. The summed E-state index contributed by atoms with van der Waals surface area (Å²) in [4.78, 5) is 15.9. The van der Waals surface area contributed by atoms with Gasteiger partial charge in [-0.05, 0) is 25.8 Å². The van der Waals surface area contributed by atoms with Crippen LogP contribution in [-0.4, -0.2) is 24.3 Å². The van der Waals surface area contributed by atoms with Crippen molar-refractivity contribution in [2.45, 2.75) is 39.3 Å². The van der Waals surface area contributed by atoms with Gasteiger partial charge in [-0.15, -0.1) is 0 Å². The summed E-state index contributed by atoms with van der Waals surface area (Å²) in [5.41, 5.74) is 0.989. The van der Waals surface area contributed by atoms with E-state index in [1.54, 1.807) is 6.21 Å². The van der Waals surface area contributed by atoms with E-state index in [0.717, 1.165) is 5.56 Å². The lowest BCUT2D eigenvalue weighted by atomic mass is 10.2. The fraction of sp³-hybridized carbons (Fsp3) is 0.429. The van der Waals surface area contributed by atoms with Crippen molar-refractivity contribution in [3.05, 3.63) is 35.9 Å². The Bertz CT molecular complexity index is 371. The van der Waals surface area contributed by atoms with E-state index in [2.05, 4.69) is 4.99 Å². The van der Waals surface area contributed by atoms with Gasteiger partial charge in [0.15, 0.2) is 0 Å². The highest BCUT2D eigenvalue weighted by molar-refractivity contribution is 5.84. The molecule has 0 N–H and O–H groups in total. The maximum absolute atomic E-state index is 11.7. The molecule has 0 radical (unpaired) electrons. The lowest BCUT2D eigenvalue weighted by molar-refractivity contribution is -0.148. The van der Waals surface area contributed by atoms with Crippen LogP contribution in [-0.2, 0) is 9.53 Å². The maximum Gasteiger partial charge on any atom is 0.331 e. The molecule has 0 bridgehead atoms. The average Bonchev–Trinajstić information content (AvgIpc) is 2.30. The number of rotatable bonds is 5. The van der Waals surface area contributed by atoms with E-state index in [9.17, 15) is 4.79 Å². The number of ether oxygens (including phenoxy) is 1. The lowest BCUT2D eigenvalue weighted by Gasteiger charge is -2.12. The summed E-state index contributed by atoms with van der Waals surface area (Å²) in [7, 11) is 0. The van der Waals surface area contributed by atoms with Crippen molar-refractivity contribution in [2.75, 3.05) is 0 Å². The third kappa shape index (κ3) is 4.81. The van der Waals surface area contributed by atoms with Crippen molar-refractivity contribution in [2.24, 2.45) is 4.99 Å². The van der Waals surface area contributed by atoms with Crippen LogP contribution in [0.3, 0.4) is 0 Å². The second-order valence-electron chi connectivity index (χ2n) is 4.10. The Balaban J connectivity index is 2.64. The van der Waals surface area contributed by atoms with Gasteiger partial charge in [0.1, 0.15) is 6.04 Å². The van der Waals surface area contributed by atoms with Crippen molar-refractivity contribution in [1.82, 2.24) is 0 Å². The predicted octanol–water partition coefficient (Wildman–Crippen LogP) is 2.84. The fourth-order valence-electron chi connectivity index (χ4n) is 1.36. The van der Waals surface area contributed by atoms with Gasteiger partial charge >= 0.3 is 5.97 Å². The predicted molar refractivity (Wildman–Crippen MR) is 69.3 cm³/mol. The second-order valence-corrected chi connectivity index (χ2v) is 4.10. The van der Waals surface area contributed by atoms with Gasteiger partial charge in [-0.2, -0.15) is 0 Å². The summed E-state index contributed by atoms with van der Waals surface area (Å²) >= 11 is 0. The van der Waals surface area contributed by atoms with Crippen molar-refractivity contribution >= 4 is 12.2 Å². The molecule has 1 atom stereocenters. The minimum absolute atomic E-state index is 0.0940. The van der Waals surface area contributed by atoms with E-state index < -0.39 is 6.04 Å². The topological polar surface area (TPSA) is 38.7 Å². The number of carbonyl (C=O) groups excluding carboxylic acids is 1. The van der Waals surface area contributed by atoms with Crippen LogP contribution in [0.25, 0.3) is 0 Å². The number of esters is 1. The first kappa shape index (κ1) is 13.4. The molecule has 17 heavy (non-hydrogen) atoms. The Hall–Kier alpha value is -1.64. The summed E-state index contributed by atoms with van der Waals surface area (Å²) in [5, 5.41) is 0. The maximum atomic E-state index is 11.7. The molecule has 92 valence electrons. The van der Waals surface area contributed by atoms with Crippen LogP contribution in [0.15, 0.2) is 35.3 Å². The van der Waals surface area contributed by atoms with Crippen molar-refractivity contribution < 1.29 is 9.53 Å². The highest BCUT2D eigenvalue weighted by Crippen LogP contribution is 2.04. The zero-order valence-corrected chi connectivity index (χ0v) is 10.6. The molecule has 1 aromatic rings.